The smallest absolute Gasteiger partial charge is 0.297 e. The quantitative estimate of drug-likeness (QED) is 0.439. The molecule has 1 unspecified atom stereocenters. The second-order valence-electron chi connectivity index (χ2n) is 7.81. The van der Waals surface area contributed by atoms with Gasteiger partial charge in [0.15, 0.2) is 11.0 Å². The molecule has 2 aromatic heterocycles. The number of fused-ring (bicyclic) bond motifs is 5. The van der Waals surface area contributed by atoms with E-state index in [0.717, 1.165) is 0 Å². The SMILES string of the molecule is C=CCN1C(=O)C2(c3ccccc31)c1c(oc3ccccc3c1=O)C(=O)N2c1nnc(C)s1. The highest BCUT2D eigenvalue weighted by atomic mass is 32.1. The highest BCUT2D eigenvalue weighted by molar-refractivity contribution is 7.15. The van der Waals surface area contributed by atoms with E-state index in [1.165, 1.54) is 21.1 Å². The summed E-state index contributed by atoms with van der Waals surface area (Å²) in [6.07, 6.45) is 1.60. The Balaban J connectivity index is 1.79. The summed E-state index contributed by atoms with van der Waals surface area (Å²) in [5.41, 5.74) is -0.777. The van der Waals surface area contributed by atoms with Gasteiger partial charge >= 0.3 is 0 Å². The van der Waals surface area contributed by atoms with Gasteiger partial charge in [0.25, 0.3) is 11.8 Å². The summed E-state index contributed by atoms with van der Waals surface area (Å²) in [5, 5.41) is 9.35. The zero-order chi connectivity index (χ0) is 22.9. The number of carbonyl (C=O) groups is 2. The molecule has 0 radical (unpaired) electrons. The molecule has 2 aromatic carbocycles. The maximum Gasteiger partial charge on any atom is 0.297 e. The minimum absolute atomic E-state index is 0.00284. The van der Waals surface area contributed by atoms with Crippen molar-refractivity contribution < 1.29 is 14.0 Å². The van der Waals surface area contributed by atoms with E-state index in [2.05, 4.69) is 16.8 Å². The van der Waals surface area contributed by atoms with Crippen LogP contribution >= 0.6 is 11.3 Å². The Morgan fingerprint density at radius 1 is 1.09 bits per heavy atom. The number of carbonyl (C=O) groups excluding carboxylic acids is 2. The Morgan fingerprint density at radius 2 is 1.85 bits per heavy atom. The minimum Gasteiger partial charge on any atom is -0.450 e. The van der Waals surface area contributed by atoms with Gasteiger partial charge in [-0.15, -0.1) is 16.8 Å². The van der Waals surface area contributed by atoms with Crippen LogP contribution in [0.1, 0.15) is 26.7 Å². The van der Waals surface area contributed by atoms with E-state index in [9.17, 15) is 14.4 Å². The number of aromatic nitrogens is 2. The fourth-order valence-electron chi connectivity index (χ4n) is 4.80. The standard InChI is InChI=1S/C24H16N4O4S/c1-3-12-27-16-10-6-5-9-15(16)24(22(27)31)18-19(29)14-8-4-7-11-17(14)32-20(18)21(30)28(24)23-26-25-13(2)33-23/h3-11H,1,12H2,2H3. The zero-order valence-corrected chi connectivity index (χ0v) is 18.3. The van der Waals surface area contributed by atoms with Crippen LogP contribution in [0, 0.1) is 6.92 Å². The first-order valence-electron chi connectivity index (χ1n) is 10.2. The van der Waals surface area contributed by atoms with Crippen molar-refractivity contribution in [2.24, 2.45) is 0 Å². The van der Waals surface area contributed by atoms with Gasteiger partial charge in [-0.25, -0.2) is 0 Å². The van der Waals surface area contributed by atoms with Crippen LogP contribution < -0.4 is 15.2 Å². The molecule has 2 aliphatic heterocycles. The highest BCUT2D eigenvalue weighted by Gasteiger charge is 2.66. The Hall–Kier alpha value is -4.11. The Kier molecular flexibility index (Phi) is 3.97. The molecule has 162 valence electrons. The van der Waals surface area contributed by atoms with Gasteiger partial charge < -0.3 is 9.32 Å². The van der Waals surface area contributed by atoms with E-state index in [-0.39, 0.29) is 28.6 Å². The normalized spacial score (nSPS) is 18.9. The summed E-state index contributed by atoms with van der Waals surface area (Å²) < 4.78 is 5.98. The molecule has 4 heterocycles. The topological polar surface area (TPSA) is 96.6 Å². The van der Waals surface area contributed by atoms with Gasteiger partial charge in [0.05, 0.1) is 16.6 Å². The van der Waals surface area contributed by atoms with Crippen LogP contribution in [0.5, 0.6) is 0 Å². The van der Waals surface area contributed by atoms with E-state index in [0.29, 0.717) is 21.6 Å². The molecular formula is C24H16N4O4S. The van der Waals surface area contributed by atoms with Crippen molar-refractivity contribution in [1.29, 1.82) is 0 Å². The number of hydrogen-bond donors (Lipinski definition) is 0. The largest absolute Gasteiger partial charge is 0.450 e. The van der Waals surface area contributed by atoms with E-state index in [1.807, 2.05) is 0 Å². The van der Waals surface area contributed by atoms with Gasteiger partial charge in [-0.1, -0.05) is 47.7 Å². The number of para-hydroxylation sites is 2. The van der Waals surface area contributed by atoms with Gasteiger partial charge in [-0.2, -0.15) is 0 Å². The molecule has 2 aliphatic rings. The first kappa shape index (κ1) is 19.6. The van der Waals surface area contributed by atoms with Crippen molar-refractivity contribution >= 4 is 44.9 Å². The lowest BCUT2D eigenvalue weighted by Gasteiger charge is -2.31. The van der Waals surface area contributed by atoms with Crippen molar-refractivity contribution in [2.75, 3.05) is 16.3 Å². The molecule has 33 heavy (non-hydrogen) atoms. The zero-order valence-electron chi connectivity index (χ0n) is 17.4. The van der Waals surface area contributed by atoms with Crippen molar-refractivity contribution in [3.8, 4) is 0 Å². The first-order valence-corrected chi connectivity index (χ1v) is 11.0. The maximum atomic E-state index is 14.2. The summed E-state index contributed by atoms with van der Waals surface area (Å²) in [7, 11) is 0. The molecule has 0 saturated heterocycles. The van der Waals surface area contributed by atoms with Crippen LogP contribution in [0.15, 0.2) is 70.4 Å². The van der Waals surface area contributed by atoms with Crippen LogP contribution in [0.25, 0.3) is 11.0 Å². The van der Waals surface area contributed by atoms with E-state index in [1.54, 1.807) is 61.5 Å². The molecule has 8 nitrogen and oxygen atoms in total. The lowest BCUT2D eigenvalue weighted by Crippen LogP contribution is -2.53. The van der Waals surface area contributed by atoms with Crippen LogP contribution in [-0.2, 0) is 10.3 Å². The highest BCUT2D eigenvalue weighted by Crippen LogP contribution is 2.54. The molecule has 9 heteroatoms. The summed E-state index contributed by atoms with van der Waals surface area (Å²) in [6.45, 7) is 5.74. The molecule has 0 N–H and O–H groups in total. The van der Waals surface area contributed by atoms with E-state index < -0.39 is 22.8 Å². The lowest BCUT2D eigenvalue weighted by molar-refractivity contribution is -0.121. The molecule has 0 bridgehead atoms. The second kappa shape index (κ2) is 6.69. The molecule has 0 fully saturated rings. The number of nitrogens with zero attached hydrogens (tertiary/aromatic N) is 4. The van der Waals surface area contributed by atoms with E-state index >= 15 is 0 Å². The lowest BCUT2D eigenvalue weighted by atomic mass is 9.84. The number of aryl methyl sites for hydroxylation is 1. The number of benzene rings is 2. The Bertz CT molecular complexity index is 1570. The Labute approximate surface area is 191 Å². The van der Waals surface area contributed by atoms with Gasteiger partial charge in [0.1, 0.15) is 10.6 Å². The molecule has 1 atom stereocenters. The fourth-order valence-corrected chi connectivity index (χ4v) is 5.54. The van der Waals surface area contributed by atoms with Crippen molar-refractivity contribution in [1.82, 2.24) is 10.2 Å². The summed E-state index contributed by atoms with van der Waals surface area (Å²) in [5.74, 6) is -1.20. The van der Waals surface area contributed by atoms with Crippen molar-refractivity contribution in [3.63, 3.8) is 0 Å². The van der Waals surface area contributed by atoms with Gasteiger partial charge in [-0.05, 0) is 25.1 Å². The maximum absolute atomic E-state index is 14.2. The van der Waals surface area contributed by atoms with Crippen LogP contribution in [0.2, 0.25) is 0 Å². The number of amides is 2. The number of anilines is 2. The number of rotatable bonds is 3. The molecule has 0 saturated carbocycles. The molecule has 6 rings (SSSR count). The molecule has 4 aromatic rings. The third-order valence-corrected chi connectivity index (χ3v) is 6.87. The summed E-state index contributed by atoms with van der Waals surface area (Å²) in [6, 6.07) is 13.8. The predicted molar refractivity (Wildman–Crippen MR) is 124 cm³/mol. The summed E-state index contributed by atoms with van der Waals surface area (Å²) in [4.78, 5) is 44.7. The van der Waals surface area contributed by atoms with Crippen molar-refractivity contribution in [2.45, 2.75) is 12.5 Å². The van der Waals surface area contributed by atoms with Crippen LogP contribution in [0.4, 0.5) is 10.8 Å². The number of hydrogen-bond acceptors (Lipinski definition) is 7. The van der Waals surface area contributed by atoms with Crippen molar-refractivity contribution in [3.05, 3.63) is 93.3 Å². The van der Waals surface area contributed by atoms with Crippen LogP contribution in [0.3, 0.4) is 0 Å². The van der Waals surface area contributed by atoms with Crippen LogP contribution in [-0.4, -0.2) is 28.6 Å². The fraction of sp³-hybridized carbons (Fsp3) is 0.125. The first-order chi connectivity index (χ1) is 16.0. The predicted octanol–water partition coefficient (Wildman–Crippen LogP) is 3.39. The van der Waals surface area contributed by atoms with Gasteiger partial charge in [0, 0.05) is 12.1 Å². The van der Waals surface area contributed by atoms with Gasteiger partial charge in [0.2, 0.25) is 10.9 Å². The monoisotopic (exact) mass is 456 g/mol. The summed E-state index contributed by atoms with van der Waals surface area (Å²) >= 11 is 1.17. The molecule has 2 amide bonds. The molecule has 0 aliphatic carbocycles. The molecule has 1 spiro atoms. The third kappa shape index (κ3) is 2.31. The third-order valence-electron chi connectivity index (χ3n) is 6.05. The average Bonchev–Trinajstić information content (AvgIpc) is 3.43. The Morgan fingerprint density at radius 3 is 2.61 bits per heavy atom. The second-order valence-corrected chi connectivity index (χ2v) is 8.97. The van der Waals surface area contributed by atoms with E-state index in [4.69, 9.17) is 4.42 Å². The average molecular weight is 456 g/mol. The molecular weight excluding hydrogens is 440 g/mol. The van der Waals surface area contributed by atoms with Gasteiger partial charge in [-0.3, -0.25) is 19.3 Å². The minimum atomic E-state index is -1.75.